The van der Waals surface area contributed by atoms with Crippen LogP contribution in [-0.2, 0) is 16.0 Å². The van der Waals surface area contributed by atoms with Crippen molar-refractivity contribution in [1.29, 1.82) is 0 Å². The molecule has 0 radical (unpaired) electrons. The molecular weight excluding hydrogens is 255 g/mol. The molecule has 1 atom stereocenters. The first-order valence-electron chi connectivity index (χ1n) is 5.95. The lowest BCUT2D eigenvalue weighted by Gasteiger charge is -2.17. The van der Waals surface area contributed by atoms with Gasteiger partial charge in [0.05, 0.1) is 18.7 Å². The number of hydrogen-bond donors (Lipinski definition) is 1. The molecule has 1 saturated heterocycles. The molecule has 1 N–H and O–H groups in total. The Morgan fingerprint density at radius 3 is 2.68 bits per heavy atom. The summed E-state index contributed by atoms with van der Waals surface area (Å²) in [6.45, 7) is 3.14. The number of amides is 1. The SMILES string of the molecule is Cc1noc(C)c1CC(=O)N1CCC(F)(C(=O)O)C1. The minimum Gasteiger partial charge on any atom is -0.479 e. The summed E-state index contributed by atoms with van der Waals surface area (Å²) in [5, 5.41) is 12.5. The van der Waals surface area contributed by atoms with Crippen LogP contribution in [0.2, 0.25) is 0 Å². The number of nitrogens with zero attached hydrogens (tertiary/aromatic N) is 2. The van der Waals surface area contributed by atoms with Crippen molar-refractivity contribution in [2.75, 3.05) is 13.1 Å². The molecule has 2 rings (SSSR count). The zero-order valence-corrected chi connectivity index (χ0v) is 10.8. The van der Waals surface area contributed by atoms with Crippen LogP contribution < -0.4 is 0 Å². The van der Waals surface area contributed by atoms with Crippen LogP contribution in [0, 0.1) is 13.8 Å². The minimum absolute atomic E-state index is 0.0524. The van der Waals surface area contributed by atoms with Crippen LogP contribution in [0.5, 0.6) is 0 Å². The van der Waals surface area contributed by atoms with Gasteiger partial charge < -0.3 is 14.5 Å². The molecule has 6 nitrogen and oxygen atoms in total. The molecule has 19 heavy (non-hydrogen) atoms. The molecule has 1 aromatic rings. The minimum atomic E-state index is -2.33. The molecular formula is C12H15FN2O4. The van der Waals surface area contributed by atoms with Crippen molar-refractivity contribution in [1.82, 2.24) is 10.1 Å². The predicted octanol–water partition coefficient (Wildman–Crippen LogP) is 0.859. The number of likely N-dealkylation sites (tertiary alicyclic amines) is 1. The normalized spacial score (nSPS) is 22.8. The van der Waals surface area contributed by atoms with E-state index in [2.05, 4.69) is 5.16 Å². The van der Waals surface area contributed by atoms with Crippen molar-refractivity contribution in [3.8, 4) is 0 Å². The Kier molecular flexibility index (Phi) is 3.30. The van der Waals surface area contributed by atoms with Crippen LogP contribution in [0.4, 0.5) is 4.39 Å². The van der Waals surface area contributed by atoms with E-state index in [4.69, 9.17) is 9.63 Å². The Labute approximate surface area is 109 Å². The Hall–Kier alpha value is -1.92. The average Bonchev–Trinajstić information content (AvgIpc) is 2.88. The van der Waals surface area contributed by atoms with Crippen molar-refractivity contribution in [3.05, 3.63) is 17.0 Å². The maximum atomic E-state index is 13.9. The molecule has 1 aromatic heterocycles. The van der Waals surface area contributed by atoms with E-state index in [0.29, 0.717) is 17.0 Å². The van der Waals surface area contributed by atoms with Gasteiger partial charge in [0.2, 0.25) is 11.6 Å². The van der Waals surface area contributed by atoms with Gasteiger partial charge in [0.1, 0.15) is 5.76 Å². The Bertz CT molecular complexity index is 508. The van der Waals surface area contributed by atoms with Crippen molar-refractivity contribution >= 4 is 11.9 Å². The number of carboxylic acids is 1. The van der Waals surface area contributed by atoms with Gasteiger partial charge in [-0.1, -0.05) is 5.16 Å². The highest BCUT2D eigenvalue weighted by molar-refractivity contribution is 5.83. The van der Waals surface area contributed by atoms with Gasteiger partial charge in [0.25, 0.3) is 0 Å². The number of aromatic nitrogens is 1. The topological polar surface area (TPSA) is 83.6 Å². The second-order valence-electron chi connectivity index (χ2n) is 4.82. The molecule has 2 heterocycles. The molecule has 1 aliphatic rings. The number of rotatable bonds is 3. The lowest BCUT2D eigenvalue weighted by molar-refractivity contribution is -0.150. The number of hydrogen-bond acceptors (Lipinski definition) is 4. The van der Waals surface area contributed by atoms with Gasteiger partial charge in [-0.15, -0.1) is 0 Å². The van der Waals surface area contributed by atoms with Crippen LogP contribution in [0.25, 0.3) is 0 Å². The van der Waals surface area contributed by atoms with Gasteiger partial charge in [0.15, 0.2) is 0 Å². The van der Waals surface area contributed by atoms with Crippen molar-refractivity contribution in [3.63, 3.8) is 0 Å². The largest absolute Gasteiger partial charge is 0.479 e. The lowest BCUT2D eigenvalue weighted by Crippen LogP contribution is -2.39. The van der Waals surface area contributed by atoms with Crippen LogP contribution >= 0.6 is 0 Å². The second kappa shape index (κ2) is 4.64. The third-order valence-electron chi connectivity index (χ3n) is 3.46. The van der Waals surface area contributed by atoms with Crippen molar-refractivity contribution in [2.24, 2.45) is 0 Å². The summed E-state index contributed by atoms with van der Waals surface area (Å²) in [4.78, 5) is 24.0. The Morgan fingerprint density at radius 1 is 1.53 bits per heavy atom. The molecule has 1 aliphatic heterocycles. The maximum Gasteiger partial charge on any atom is 0.343 e. The van der Waals surface area contributed by atoms with Gasteiger partial charge in [-0.2, -0.15) is 0 Å². The van der Waals surface area contributed by atoms with E-state index in [1.54, 1.807) is 13.8 Å². The van der Waals surface area contributed by atoms with E-state index >= 15 is 0 Å². The number of aryl methyl sites for hydroxylation is 2. The molecule has 0 saturated carbocycles. The van der Waals surface area contributed by atoms with Gasteiger partial charge >= 0.3 is 5.97 Å². The number of aliphatic carboxylic acids is 1. The fraction of sp³-hybridized carbons (Fsp3) is 0.583. The highest BCUT2D eigenvalue weighted by Gasteiger charge is 2.46. The highest BCUT2D eigenvalue weighted by atomic mass is 19.1. The average molecular weight is 270 g/mol. The van der Waals surface area contributed by atoms with E-state index in [1.165, 1.54) is 4.90 Å². The monoisotopic (exact) mass is 270 g/mol. The van der Waals surface area contributed by atoms with Crippen LogP contribution in [-0.4, -0.2) is 45.8 Å². The molecule has 1 unspecified atom stereocenters. The molecule has 104 valence electrons. The standard InChI is InChI=1S/C12H15FN2O4/c1-7-9(8(2)19-14-7)5-10(16)15-4-3-12(13,6-15)11(17)18/h3-6H2,1-2H3,(H,17,18). The fourth-order valence-corrected chi connectivity index (χ4v) is 2.18. The molecule has 1 amide bonds. The molecule has 0 aliphatic carbocycles. The number of alkyl halides is 1. The number of halogens is 1. The summed E-state index contributed by atoms with van der Waals surface area (Å²) >= 11 is 0. The molecule has 0 spiro atoms. The van der Waals surface area contributed by atoms with Gasteiger partial charge in [-0.3, -0.25) is 4.79 Å². The third-order valence-corrected chi connectivity index (χ3v) is 3.46. The fourth-order valence-electron chi connectivity index (χ4n) is 2.18. The first-order valence-corrected chi connectivity index (χ1v) is 5.95. The van der Waals surface area contributed by atoms with E-state index in [-0.39, 0.29) is 25.3 Å². The lowest BCUT2D eigenvalue weighted by atomic mass is 10.1. The zero-order chi connectivity index (χ0) is 14.2. The predicted molar refractivity (Wildman–Crippen MR) is 62.4 cm³/mol. The quantitative estimate of drug-likeness (QED) is 0.880. The van der Waals surface area contributed by atoms with Gasteiger partial charge in [0, 0.05) is 18.5 Å². The van der Waals surface area contributed by atoms with Crippen LogP contribution in [0.15, 0.2) is 4.52 Å². The molecule has 7 heteroatoms. The third kappa shape index (κ3) is 2.45. The summed E-state index contributed by atoms with van der Waals surface area (Å²) in [7, 11) is 0. The van der Waals surface area contributed by atoms with E-state index in [0.717, 1.165) is 0 Å². The number of carboxylic acid groups (broad SMARTS) is 1. The molecule has 0 aromatic carbocycles. The Balaban J connectivity index is 2.05. The zero-order valence-electron chi connectivity index (χ0n) is 10.8. The van der Waals surface area contributed by atoms with E-state index in [9.17, 15) is 14.0 Å². The van der Waals surface area contributed by atoms with E-state index < -0.39 is 18.2 Å². The number of carbonyl (C=O) groups is 2. The highest BCUT2D eigenvalue weighted by Crippen LogP contribution is 2.26. The Morgan fingerprint density at radius 2 is 2.21 bits per heavy atom. The second-order valence-corrected chi connectivity index (χ2v) is 4.82. The molecule has 0 bridgehead atoms. The first kappa shape index (κ1) is 13.5. The summed E-state index contributed by atoms with van der Waals surface area (Å²) in [5.41, 5.74) is -1.03. The summed E-state index contributed by atoms with van der Waals surface area (Å²) < 4.78 is 18.8. The van der Waals surface area contributed by atoms with Crippen LogP contribution in [0.3, 0.4) is 0 Å². The molecule has 1 fully saturated rings. The summed E-state index contributed by atoms with van der Waals surface area (Å²) in [5.74, 6) is -1.27. The van der Waals surface area contributed by atoms with Crippen molar-refractivity contribution in [2.45, 2.75) is 32.4 Å². The first-order chi connectivity index (χ1) is 8.83. The van der Waals surface area contributed by atoms with Gasteiger partial charge in [-0.05, 0) is 13.8 Å². The summed E-state index contributed by atoms with van der Waals surface area (Å²) in [6.07, 6.45) is -0.119. The smallest absolute Gasteiger partial charge is 0.343 e. The maximum absolute atomic E-state index is 13.9. The van der Waals surface area contributed by atoms with Crippen LogP contribution in [0.1, 0.15) is 23.4 Å². The van der Waals surface area contributed by atoms with Crippen molar-refractivity contribution < 1.29 is 23.6 Å². The van der Waals surface area contributed by atoms with Gasteiger partial charge in [-0.25, -0.2) is 9.18 Å². The number of carbonyl (C=O) groups excluding carboxylic acids is 1. The summed E-state index contributed by atoms with van der Waals surface area (Å²) in [6, 6.07) is 0. The van der Waals surface area contributed by atoms with E-state index in [1.807, 2.05) is 0 Å².